The number of aromatic nitrogens is 1. The van der Waals surface area contributed by atoms with Crippen molar-refractivity contribution < 1.29 is 19.1 Å². The molecule has 2 aromatic carbocycles. The molecule has 4 rings (SSSR count). The molecule has 3 aromatic rings. The number of amides is 3. The molecule has 194 valence electrons. The molecule has 0 radical (unpaired) electrons. The van der Waals surface area contributed by atoms with Crippen molar-refractivity contribution in [2.24, 2.45) is 5.73 Å². The van der Waals surface area contributed by atoms with Crippen LogP contribution in [-0.2, 0) is 4.79 Å². The zero-order valence-electron chi connectivity index (χ0n) is 20.3. The van der Waals surface area contributed by atoms with Crippen LogP contribution in [-0.4, -0.2) is 35.2 Å². The molecular weight excluding hydrogens is 514 g/mol. The lowest BCUT2D eigenvalue weighted by Crippen LogP contribution is -2.47. The third-order valence-corrected chi connectivity index (χ3v) is 7.47. The highest BCUT2D eigenvalue weighted by atomic mass is 35.5. The summed E-state index contributed by atoms with van der Waals surface area (Å²) in [7, 11) is 1.54. The predicted octanol–water partition coefficient (Wildman–Crippen LogP) is 4.32. The summed E-state index contributed by atoms with van der Waals surface area (Å²) in [5.41, 5.74) is 12.2. The summed E-state index contributed by atoms with van der Waals surface area (Å²) in [6, 6.07) is 12.5. The Bertz CT molecular complexity index is 1270. The number of anilines is 2. The Hall–Kier alpha value is -3.63. The summed E-state index contributed by atoms with van der Waals surface area (Å²) in [6.07, 6.45) is 4.95. The van der Waals surface area contributed by atoms with Crippen LogP contribution >= 0.6 is 23.1 Å². The highest BCUT2D eigenvalue weighted by molar-refractivity contribution is 7.09. The molecule has 0 spiro atoms. The fraction of sp³-hybridized carbons (Fsp3) is 0.308. The molecule has 1 heterocycles. The number of primary amides is 1. The van der Waals surface area contributed by atoms with Crippen molar-refractivity contribution >= 4 is 52.2 Å². The van der Waals surface area contributed by atoms with Gasteiger partial charge in [0.2, 0.25) is 5.91 Å². The van der Waals surface area contributed by atoms with Gasteiger partial charge >= 0.3 is 0 Å². The zero-order valence-corrected chi connectivity index (χ0v) is 21.8. The second-order valence-electron chi connectivity index (χ2n) is 8.81. The molecule has 0 aliphatic heterocycles. The number of methoxy groups -OCH3 is 1. The van der Waals surface area contributed by atoms with E-state index >= 15 is 0 Å². The van der Waals surface area contributed by atoms with Crippen LogP contribution in [0.3, 0.4) is 0 Å². The van der Waals surface area contributed by atoms with Crippen molar-refractivity contribution in [2.75, 3.05) is 17.7 Å². The van der Waals surface area contributed by atoms with E-state index in [9.17, 15) is 14.4 Å². The molecule has 5 N–H and O–H groups in total. The number of carbonyl (C=O) groups excluding carboxylic acids is 3. The maximum Gasteiger partial charge on any atom is 0.273 e. The lowest BCUT2D eigenvalue weighted by molar-refractivity contribution is -0.123. The van der Waals surface area contributed by atoms with Gasteiger partial charge in [-0.25, -0.2) is 0 Å². The molecule has 3 amide bonds. The molecule has 1 aliphatic carbocycles. The lowest BCUT2D eigenvalue weighted by Gasteiger charge is -2.33. The van der Waals surface area contributed by atoms with E-state index in [4.69, 9.17) is 27.8 Å². The molecule has 1 atom stereocenters. The van der Waals surface area contributed by atoms with Crippen LogP contribution in [0.25, 0.3) is 0 Å². The van der Waals surface area contributed by atoms with Gasteiger partial charge in [-0.3, -0.25) is 19.3 Å². The van der Waals surface area contributed by atoms with E-state index in [1.807, 2.05) is 0 Å². The van der Waals surface area contributed by atoms with Gasteiger partial charge in [-0.05, 0) is 66.3 Å². The summed E-state index contributed by atoms with van der Waals surface area (Å²) in [4.78, 5) is 41.1. The van der Waals surface area contributed by atoms with Crippen molar-refractivity contribution in [1.82, 2.24) is 9.69 Å². The highest BCUT2D eigenvalue weighted by Crippen LogP contribution is 2.34. The van der Waals surface area contributed by atoms with Gasteiger partial charge in [0, 0.05) is 16.8 Å². The van der Waals surface area contributed by atoms with Crippen molar-refractivity contribution in [3.8, 4) is 5.75 Å². The van der Waals surface area contributed by atoms with Crippen molar-refractivity contribution in [3.05, 3.63) is 69.7 Å². The van der Waals surface area contributed by atoms with E-state index in [1.165, 1.54) is 12.0 Å². The first-order valence-electron chi connectivity index (χ1n) is 11.9. The number of nitrogens with zero attached hydrogens (tertiary/aromatic N) is 2. The first kappa shape index (κ1) is 26.4. The highest BCUT2D eigenvalue weighted by Gasteiger charge is 2.37. The second kappa shape index (κ2) is 11.6. The van der Waals surface area contributed by atoms with Crippen LogP contribution in [0.15, 0.2) is 48.5 Å². The first-order chi connectivity index (χ1) is 17.8. The number of rotatable bonds is 8. The molecule has 9 nitrogen and oxygen atoms in total. The third-order valence-electron chi connectivity index (χ3n) is 6.37. The number of hydrogen-bond donors (Lipinski definition) is 3. The van der Waals surface area contributed by atoms with E-state index in [0.29, 0.717) is 22.0 Å². The number of ether oxygens (including phenoxy) is 1. The fourth-order valence-corrected chi connectivity index (χ4v) is 5.32. The van der Waals surface area contributed by atoms with E-state index in [-0.39, 0.29) is 28.2 Å². The largest absolute Gasteiger partial charge is 0.497 e. The minimum absolute atomic E-state index is 0.00838. The summed E-state index contributed by atoms with van der Waals surface area (Å²) in [5.74, 6) is -1.18. The molecule has 0 saturated heterocycles. The zero-order chi connectivity index (χ0) is 26.5. The summed E-state index contributed by atoms with van der Waals surface area (Å²) < 4.78 is 9.25. The van der Waals surface area contributed by atoms with Gasteiger partial charge in [-0.2, -0.15) is 4.37 Å². The Morgan fingerprint density at radius 2 is 1.73 bits per heavy atom. The summed E-state index contributed by atoms with van der Waals surface area (Å²) in [6.45, 7) is 0. The number of carbonyl (C=O) groups is 3. The van der Waals surface area contributed by atoms with Gasteiger partial charge in [0.25, 0.3) is 11.8 Å². The van der Waals surface area contributed by atoms with E-state index in [2.05, 4.69) is 9.69 Å². The first-order valence-corrected chi connectivity index (χ1v) is 13.0. The van der Waals surface area contributed by atoms with Crippen LogP contribution in [0.1, 0.15) is 63.9 Å². The average Bonchev–Trinajstić information content (AvgIpc) is 3.29. The quantitative estimate of drug-likeness (QED) is 0.388. The van der Waals surface area contributed by atoms with Crippen LogP contribution < -0.4 is 26.4 Å². The van der Waals surface area contributed by atoms with Crippen molar-refractivity contribution in [1.29, 1.82) is 0 Å². The molecule has 1 saturated carbocycles. The second-order valence-corrected chi connectivity index (χ2v) is 10.0. The Kier molecular flexibility index (Phi) is 8.30. The van der Waals surface area contributed by atoms with Crippen molar-refractivity contribution in [3.63, 3.8) is 0 Å². The molecular formula is C26H28ClN5O4S. The summed E-state index contributed by atoms with van der Waals surface area (Å²) in [5, 5.41) is 3.64. The third kappa shape index (κ3) is 5.86. The minimum atomic E-state index is -1.06. The lowest BCUT2D eigenvalue weighted by atomic mass is 9.94. The molecule has 37 heavy (non-hydrogen) atoms. The molecule has 0 bridgehead atoms. The number of nitrogens with one attached hydrogen (secondary N) is 1. The number of nitrogen functional groups attached to an aromatic ring is 1. The fourth-order valence-electron chi connectivity index (χ4n) is 4.45. The van der Waals surface area contributed by atoms with E-state index in [1.54, 1.807) is 48.5 Å². The van der Waals surface area contributed by atoms with Crippen LogP contribution in [0, 0.1) is 0 Å². The molecule has 1 aromatic heterocycles. The van der Waals surface area contributed by atoms with Crippen molar-refractivity contribution in [2.45, 2.75) is 44.2 Å². The Morgan fingerprint density at radius 3 is 2.30 bits per heavy atom. The number of halogens is 1. The average molecular weight is 542 g/mol. The smallest absolute Gasteiger partial charge is 0.273 e. The number of hydrogen-bond acceptors (Lipinski definition) is 7. The topological polar surface area (TPSA) is 141 Å². The SMILES string of the molecule is COc1ccc(N(C(=O)c2snc(C(N)=O)c2N)C(C(=O)NC2CCCCC2)c2ccc(Cl)cc2)cc1. The molecule has 1 aliphatic rings. The van der Waals surface area contributed by atoms with Crippen LogP contribution in [0.2, 0.25) is 5.02 Å². The van der Waals surface area contributed by atoms with Gasteiger partial charge in [-0.1, -0.05) is 43.0 Å². The molecule has 1 unspecified atom stereocenters. The van der Waals surface area contributed by atoms with E-state index < -0.39 is 17.9 Å². The maximum atomic E-state index is 14.1. The molecule has 1 fully saturated rings. The van der Waals surface area contributed by atoms with Crippen LogP contribution in [0.4, 0.5) is 11.4 Å². The van der Waals surface area contributed by atoms with Gasteiger partial charge in [0.15, 0.2) is 5.69 Å². The summed E-state index contributed by atoms with van der Waals surface area (Å²) >= 11 is 6.89. The Labute approximate surface area is 223 Å². The van der Waals surface area contributed by atoms with E-state index in [0.717, 1.165) is 43.6 Å². The predicted molar refractivity (Wildman–Crippen MR) is 144 cm³/mol. The standard InChI is InChI=1S/C26H28ClN5O4S/c1-36-19-13-11-18(12-14-19)32(26(35)23-20(28)21(24(29)33)31-37-23)22(15-7-9-16(27)10-8-15)25(34)30-17-5-3-2-4-6-17/h7-14,17,22H,2-6,28H2,1H3,(H2,29,33)(H,30,34). The van der Waals surface area contributed by atoms with Gasteiger partial charge < -0.3 is 21.5 Å². The number of nitrogens with two attached hydrogens (primary N) is 2. The van der Waals surface area contributed by atoms with Gasteiger partial charge in [-0.15, -0.1) is 0 Å². The van der Waals surface area contributed by atoms with Gasteiger partial charge in [0.1, 0.15) is 16.7 Å². The van der Waals surface area contributed by atoms with Gasteiger partial charge in [0.05, 0.1) is 12.8 Å². The normalized spacial score (nSPS) is 14.5. The Morgan fingerprint density at radius 1 is 1.08 bits per heavy atom. The molecule has 11 heteroatoms. The maximum absolute atomic E-state index is 14.1. The monoisotopic (exact) mass is 541 g/mol. The number of benzene rings is 2. The minimum Gasteiger partial charge on any atom is -0.497 e. The Balaban J connectivity index is 1.83. The van der Waals surface area contributed by atoms with Crippen LogP contribution in [0.5, 0.6) is 5.75 Å².